The van der Waals surface area contributed by atoms with Crippen molar-refractivity contribution in [3.63, 3.8) is 0 Å². The number of rotatable bonds is 4. The lowest BCUT2D eigenvalue weighted by atomic mass is 9.77. The molecule has 0 bridgehead atoms. The van der Waals surface area contributed by atoms with Gasteiger partial charge in [-0.3, -0.25) is 4.72 Å². The van der Waals surface area contributed by atoms with E-state index in [9.17, 15) is 18.6 Å². The minimum Gasteiger partial charge on any atom is -0.508 e. The summed E-state index contributed by atoms with van der Waals surface area (Å²) in [6, 6.07) is 15.2. The van der Waals surface area contributed by atoms with E-state index in [0.717, 1.165) is 28.8 Å². The SMILES string of the molecule is Cc1ccc(NS(=O)(=O)c2ccc3c(c2)C2C=CCC2C(c2ccc(O)cc2O)N3)c(C)c1. The van der Waals surface area contributed by atoms with Gasteiger partial charge in [-0.2, -0.15) is 0 Å². The molecule has 0 aromatic heterocycles. The summed E-state index contributed by atoms with van der Waals surface area (Å²) in [5.74, 6) is 0.201. The van der Waals surface area contributed by atoms with Gasteiger partial charge in [0.05, 0.1) is 16.6 Å². The molecule has 1 aliphatic carbocycles. The molecule has 0 saturated carbocycles. The van der Waals surface area contributed by atoms with Gasteiger partial charge >= 0.3 is 0 Å². The zero-order valence-corrected chi connectivity index (χ0v) is 19.2. The van der Waals surface area contributed by atoms with Gasteiger partial charge in [0.15, 0.2) is 0 Å². The molecule has 0 amide bonds. The van der Waals surface area contributed by atoms with Crippen LogP contribution in [0.2, 0.25) is 0 Å². The van der Waals surface area contributed by atoms with Crippen LogP contribution in [0.1, 0.15) is 40.6 Å². The number of benzene rings is 3. The number of hydrogen-bond donors (Lipinski definition) is 4. The van der Waals surface area contributed by atoms with Crippen LogP contribution in [0.5, 0.6) is 11.5 Å². The largest absolute Gasteiger partial charge is 0.508 e. The lowest BCUT2D eigenvalue weighted by Crippen LogP contribution is -2.29. The number of allylic oxidation sites excluding steroid dienone is 2. The van der Waals surface area contributed by atoms with E-state index in [0.29, 0.717) is 11.3 Å². The molecule has 170 valence electrons. The van der Waals surface area contributed by atoms with Gasteiger partial charge in [-0.25, -0.2) is 8.42 Å². The number of anilines is 2. The second-order valence-electron chi connectivity index (χ2n) is 8.89. The fourth-order valence-corrected chi connectivity index (χ4v) is 6.14. The molecule has 7 heteroatoms. The third-order valence-corrected chi connectivity index (χ3v) is 7.98. The van der Waals surface area contributed by atoms with Crippen molar-refractivity contribution < 1.29 is 18.6 Å². The summed E-state index contributed by atoms with van der Waals surface area (Å²) in [4.78, 5) is 0.216. The molecule has 3 aromatic carbocycles. The van der Waals surface area contributed by atoms with Gasteiger partial charge < -0.3 is 15.5 Å². The summed E-state index contributed by atoms with van der Waals surface area (Å²) in [5.41, 5.74) is 4.98. The fourth-order valence-electron chi connectivity index (χ4n) is 4.97. The second kappa shape index (κ2) is 7.85. The quantitative estimate of drug-likeness (QED) is 0.392. The van der Waals surface area contributed by atoms with Gasteiger partial charge in [-0.05, 0) is 73.7 Å². The summed E-state index contributed by atoms with van der Waals surface area (Å²) in [7, 11) is -3.76. The molecule has 0 saturated heterocycles. The lowest BCUT2D eigenvalue weighted by molar-refractivity contribution is 0.398. The van der Waals surface area contributed by atoms with Gasteiger partial charge in [0.25, 0.3) is 10.0 Å². The highest BCUT2D eigenvalue weighted by Crippen LogP contribution is 2.51. The van der Waals surface area contributed by atoms with Crippen LogP contribution >= 0.6 is 0 Å². The van der Waals surface area contributed by atoms with E-state index < -0.39 is 10.0 Å². The van der Waals surface area contributed by atoms with E-state index in [1.54, 1.807) is 36.4 Å². The maximum absolute atomic E-state index is 13.2. The Morgan fingerprint density at radius 1 is 0.970 bits per heavy atom. The monoisotopic (exact) mass is 462 g/mol. The minimum atomic E-state index is -3.76. The van der Waals surface area contributed by atoms with E-state index in [1.165, 1.54) is 6.07 Å². The van der Waals surface area contributed by atoms with E-state index in [4.69, 9.17) is 0 Å². The Morgan fingerprint density at radius 2 is 1.79 bits per heavy atom. The number of hydrogen-bond acceptors (Lipinski definition) is 5. The van der Waals surface area contributed by atoms with Crippen molar-refractivity contribution in [2.45, 2.75) is 37.1 Å². The molecule has 33 heavy (non-hydrogen) atoms. The van der Waals surface area contributed by atoms with Crippen LogP contribution < -0.4 is 10.0 Å². The first-order valence-electron chi connectivity index (χ1n) is 10.9. The highest BCUT2D eigenvalue weighted by atomic mass is 32.2. The first kappa shape index (κ1) is 21.4. The van der Waals surface area contributed by atoms with Crippen molar-refractivity contribution >= 4 is 21.4 Å². The molecule has 3 atom stereocenters. The standard InChI is InChI=1S/C26H26N2O4S/c1-15-6-10-23(16(2)12-15)28-33(31,32)18-8-11-24-22(14-18)19-4-3-5-20(19)26(27-24)21-9-7-17(29)13-25(21)30/h3-4,6-14,19-20,26-30H,5H2,1-2H3. The molecule has 0 radical (unpaired) electrons. The number of phenolic OH excluding ortho intramolecular Hbond substituents is 2. The fraction of sp³-hybridized carbons (Fsp3) is 0.231. The number of aromatic hydroxyl groups is 2. The maximum atomic E-state index is 13.2. The Balaban J connectivity index is 1.50. The van der Waals surface area contributed by atoms with Gasteiger partial charge in [0.2, 0.25) is 0 Å². The Kier molecular flexibility index (Phi) is 5.09. The normalized spacial score (nSPS) is 21.2. The summed E-state index contributed by atoms with van der Waals surface area (Å²) in [5, 5.41) is 23.6. The molecule has 5 rings (SSSR count). The molecular formula is C26H26N2O4S. The highest BCUT2D eigenvalue weighted by molar-refractivity contribution is 7.92. The third-order valence-electron chi connectivity index (χ3n) is 6.62. The number of sulfonamides is 1. The van der Waals surface area contributed by atoms with Gasteiger partial charge in [0, 0.05) is 23.2 Å². The number of phenols is 2. The Bertz CT molecular complexity index is 1380. The summed E-state index contributed by atoms with van der Waals surface area (Å²) in [6.45, 7) is 3.85. The van der Waals surface area contributed by atoms with E-state index in [1.807, 2.05) is 26.0 Å². The van der Waals surface area contributed by atoms with Crippen molar-refractivity contribution in [1.82, 2.24) is 0 Å². The predicted octanol–water partition coefficient (Wildman–Crippen LogP) is 5.34. The number of nitrogens with one attached hydrogen (secondary N) is 2. The van der Waals surface area contributed by atoms with Crippen LogP contribution in [-0.4, -0.2) is 18.6 Å². The zero-order chi connectivity index (χ0) is 23.3. The van der Waals surface area contributed by atoms with Crippen molar-refractivity contribution in [2.24, 2.45) is 5.92 Å². The molecule has 0 fully saturated rings. The van der Waals surface area contributed by atoms with Crippen molar-refractivity contribution in [3.05, 3.63) is 89.0 Å². The van der Waals surface area contributed by atoms with E-state index >= 15 is 0 Å². The van der Waals surface area contributed by atoms with Crippen LogP contribution in [0.15, 0.2) is 71.6 Å². The predicted molar refractivity (Wildman–Crippen MR) is 129 cm³/mol. The van der Waals surface area contributed by atoms with Crippen LogP contribution in [0.25, 0.3) is 0 Å². The Labute approximate surface area is 193 Å². The first-order chi connectivity index (χ1) is 15.7. The average Bonchev–Trinajstić information content (AvgIpc) is 3.25. The molecule has 0 spiro atoms. The van der Waals surface area contributed by atoms with Crippen LogP contribution in [0, 0.1) is 19.8 Å². The number of aryl methyl sites for hydroxylation is 2. The smallest absolute Gasteiger partial charge is 0.261 e. The van der Waals surface area contributed by atoms with Gasteiger partial charge in [-0.1, -0.05) is 29.8 Å². The average molecular weight is 463 g/mol. The van der Waals surface area contributed by atoms with Crippen molar-refractivity contribution in [3.8, 4) is 11.5 Å². The van der Waals surface area contributed by atoms with Crippen LogP contribution in [0.3, 0.4) is 0 Å². The molecule has 2 aliphatic rings. The second-order valence-corrected chi connectivity index (χ2v) is 10.6. The van der Waals surface area contributed by atoms with Gasteiger partial charge in [0.1, 0.15) is 11.5 Å². The summed E-state index contributed by atoms with van der Waals surface area (Å²) < 4.78 is 29.1. The molecule has 3 unspecified atom stereocenters. The maximum Gasteiger partial charge on any atom is 0.261 e. The van der Waals surface area contributed by atoms with Crippen molar-refractivity contribution in [1.29, 1.82) is 0 Å². The van der Waals surface area contributed by atoms with Crippen LogP contribution in [0.4, 0.5) is 11.4 Å². The van der Waals surface area contributed by atoms with Crippen molar-refractivity contribution in [2.75, 3.05) is 10.0 Å². The molecular weight excluding hydrogens is 436 g/mol. The molecule has 4 N–H and O–H groups in total. The first-order valence-corrected chi connectivity index (χ1v) is 12.4. The molecule has 3 aromatic rings. The van der Waals surface area contributed by atoms with Crippen LogP contribution in [-0.2, 0) is 10.0 Å². The molecule has 1 heterocycles. The number of fused-ring (bicyclic) bond motifs is 3. The topological polar surface area (TPSA) is 98.7 Å². The molecule has 1 aliphatic heterocycles. The Hall–Kier alpha value is -3.45. The van der Waals surface area contributed by atoms with E-state index in [2.05, 4.69) is 22.2 Å². The van der Waals surface area contributed by atoms with Gasteiger partial charge in [-0.15, -0.1) is 0 Å². The highest BCUT2D eigenvalue weighted by Gasteiger charge is 2.39. The summed E-state index contributed by atoms with van der Waals surface area (Å²) in [6.07, 6.45) is 5.02. The minimum absolute atomic E-state index is 0.0136. The zero-order valence-electron chi connectivity index (χ0n) is 18.4. The van der Waals surface area contributed by atoms with E-state index in [-0.39, 0.29) is 34.3 Å². The molecule has 6 nitrogen and oxygen atoms in total. The summed E-state index contributed by atoms with van der Waals surface area (Å²) >= 11 is 0. The Morgan fingerprint density at radius 3 is 2.55 bits per heavy atom. The third kappa shape index (κ3) is 3.82. The lowest BCUT2D eigenvalue weighted by Gasteiger charge is -2.38.